The Kier molecular flexibility index (Phi) is 5.37. The summed E-state index contributed by atoms with van der Waals surface area (Å²) in [4.78, 5) is 11.8. The van der Waals surface area contributed by atoms with E-state index in [2.05, 4.69) is 12.0 Å². The third-order valence-electron chi connectivity index (χ3n) is 3.11. The highest BCUT2D eigenvalue weighted by atomic mass is 35.5. The summed E-state index contributed by atoms with van der Waals surface area (Å²) in [7, 11) is 0. The van der Waals surface area contributed by atoms with Gasteiger partial charge in [0.15, 0.2) is 0 Å². The maximum atomic E-state index is 11.8. The molecule has 0 saturated carbocycles. The van der Waals surface area contributed by atoms with E-state index in [4.69, 9.17) is 27.9 Å². The first-order valence-electron chi connectivity index (χ1n) is 6.87. The fourth-order valence-corrected chi connectivity index (χ4v) is 2.44. The molecule has 1 unspecified atom stereocenters. The molecule has 1 atom stereocenters. The van der Waals surface area contributed by atoms with Gasteiger partial charge in [0.25, 0.3) is 5.56 Å². The molecule has 4 nitrogen and oxygen atoms in total. The Balaban J connectivity index is 2.13. The summed E-state index contributed by atoms with van der Waals surface area (Å²) < 4.78 is 7.50. The van der Waals surface area contributed by atoms with Gasteiger partial charge in [-0.15, -0.1) is 0 Å². The first kappa shape index (κ1) is 16.0. The number of H-pyrrole nitrogens is 1. The van der Waals surface area contributed by atoms with E-state index in [1.54, 1.807) is 28.9 Å². The van der Waals surface area contributed by atoms with Crippen molar-refractivity contribution < 1.29 is 4.74 Å². The monoisotopic (exact) mass is 328 g/mol. The fourth-order valence-electron chi connectivity index (χ4n) is 2.15. The topological polar surface area (TPSA) is 47.0 Å². The van der Waals surface area contributed by atoms with E-state index in [0.717, 1.165) is 18.5 Å². The molecule has 1 aromatic carbocycles. The van der Waals surface area contributed by atoms with Crippen molar-refractivity contribution >= 4 is 23.2 Å². The van der Waals surface area contributed by atoms with Crippen LogP contribution in [0.15, 0.2) is 29.1 Å². The zero-order chi connectivity index (χ0) is 15.4. The van der Waals surface area contributed by atoms with Gasteiger partial charge in [0, 0.05) is 17.8 Å². The van der Waals surface area contributed by atoms with Crippen LogP contribution in [0, 0.1) is 6.92 Å². The van der Waals surface area contributed by atoms with Crippen LogP contribution in [0.25, 0.3) is 0 Å². The van der Waals surface area contributed by atoms with Gasteiger partial charge >= 0.3 is 0 Å². The SMILES string of the molecule is CCCC(Cn1[nH]c(C)cc1=O)Oc1ccc(Cl)c(Cl)c1. The van der Waals surface area contributed by atoms with E-state index < -0.39 is 0 Å². The number of aryl methyl sites for hydroxylation is 1. The van der Waals surface area contributed by atoms with Gasteiger partial charge in [0.2, 0.25) is 0 Å². The van der Waals surface area contributed by atoms with Gasteiger partial charge in [-0.05, 0) is 25.5 Å². The van der Waals surface area contributed by atoms with Crippen LogP contribution in [-0.4, -0.2) is 15.9 Å². The molecule has 6 heteroatoms. The van der Waals surface area contributed by atoms with Gasteiger partial charge in [-0.2, -0.15) is 0 Å². The number of rotatable bonds is 6. The molecule has 0 amide bonds. The van der Waals surface area contributed by atoms with Gasteiger partial charge in [-0.3, -0.25) is 9.89 Å². The number of nitrogens with zero attached hydrogens (tertiary/aromatic N) is 1. The molecule has 0 saturated heterocycles. The maximum absolute atomic E-state index is 11.8. The maximum Gasteiger partial charge on any atom is 0.266 e. The molecule has 114 valence electrons. The largest absolute Gasteiger partial charge is 0.488 e. The third-order valence-corrected chi connectivity index (χ3v) is 3.85. The average molecular weight is 329 g/mol. The molecule has 0 fully saturated rings. The Hall–Kier alpha value is -1.39. The lowest BCUT2D eigenvalue weighted by Crippen LogP contribution is -2.28. The first-order chi connectivity index (χ1) is 9.99. The number of ether oxygens (including phenoxy) is 1. The van der Waals surface area contributed by atoms with Gasteiger partial charge in [-0.25, -0.2) is 4.68 Å². The minimum Gasteiger partial charge on any atom is -0.488 e. The highest BCUT2D eigenvalue weighted by molar-refractivity contribution is 6.42. The van der Waals surface area contributed by atoms with Crippen molar-refractivity contribution in [1.29, 1.82) is 0 Å². The van der Waals surface area contributed by atoms with Crippen LogP contribution in [0.5, 0.6) is 5.75 Å². The standard InChI is InChI=1S/C15H18Cl2N2O2/c1-3-4-12(9-19-15(20)7-10(2)18-19)21-11-5-6-13(16)14(17)8-11/h5-8,12,18H,3-4,9H2,1-2H3. The van der Waals surface area contributed by atoms with Crippen LogP contribution in [0.2, 0.25) is 10.0 Å². The molecule has 0 aliphatic heterocycles. The van der Waals surface area contributed by atoms with Crippen molar-refractivity contribution in [2.45, 2.75) is 39.3 Å². The van der Waals surface area contributed by atoms with E-state index >= 15 is 0 Å². The summed E-state index contributed by atoms with van der Waals surface area (Å²) in [5.41, 5.74) is 0.788. The molecule has 0 spiro atoms. The zero-order valence-corrected chi connectivity index (χ0v) is 13.5. The summed E-state index contributed by atoms with van der Waals surface area (Å²) in [6, 6.07) is 6.74. The Bertz CT molecular complexity index is 664. The number of benzene rings is 1. The Morgan fingerprint density at radius 2 is 2.05 bits per heavy atom. The number of halogens is 2. The average Bonchev–Trinajstić information content (AvgIpc) is 2.72. The lowest BCUT2D eigenvalue weighted by atomic mass is 10.2. The number of nitrogens with one attached hydrogen (secondary N) is 1. The Morgan fingerprint density at radius 3 is 2.62 bits per heavy atom. The Labute approximate surface area is 133 Å². The van der Waals surface area contributed by atoms with E-state index in [1.807, 2.05) is 6.92 Å². The molecule has 2 aromatic rings. The predicted molar refractivity (Wildman–Crippen MR) is 85.6 cm³/mol. The normalized spacial score (nSPS) is 12.4. The van der Waals surface area contributed by atoms with Crippen LogP contribution in [0.3, 0.4) is 0 Å². The number of hydrogen-bond acceptors (Lipinski definition) is 2. The van der Waals surface area contributed by atoms with Crippen molar-refractivity contribution in [3.63, 3.8) is 0 Å². The van der Waals surface area contributed by atoms with E-state index in [0.29, 0.717) is 22.3 Å². The molecule has 1 N–H and O–H groups in total. The first-order valence-corrected chi connectivity index (χ1v) is 7.63. The zero-order valence-electron chi connectivity index (χ0n) is 12.0. The summed E-state index contributed by atoms with van der Waals surface area (Å²) in [5.74, 6) is 0.652. The van der Waals surface area contributed by atoms with Gasteiger partial charge in [0.1, 0.15) is 11.9 Å². The van der Waals surface area contributed by atoms with Crippen molar-refractivity contribution in [3.05, 3.63) is 50.4 Å². The van der Waals surface area contributed by atoms with Crippen molar-refractivity contribution in [2.24, 2.45) is 0 Å². The fraction of sp³-hybridized carbons (Fsp3) is 0.400. The van der Waals surface area contributed by atoms with Crippen molar-refractivity contribution in [1.82, 2.24) is 9.78 Å². The lowest BCUT2D eigenvalue weighted by molar-refractivity contribution is 0.163. The minimum absolute atomic E-state index is 0.0497. The van der Waals surface area contributed by atoms with Gasteiger partial charge in [0.05, 0.1) is 16.6 Å². The highest BCUT2D eigenvalue weighted by Crippen LogP contribution is 2.27. The van der Waals surface area contributed by atoms with Crippen LogP contribution in [0.4, 0.5) is 0 Å². The van der Waals surface area contributed by atoms with Gasteiger partial charge < -0.3 is 4.74 Å². The summed E-state index contributed by atoms with van der Waals surface area (Å²) in [6.07, 6.45) is 1.69. The summed E-state index contributed by atoms with van der Waals surface area (Å²) in [5, 5.41) is 3.97. The second-order valence-electron chi connectivity index (χ2n) is 4.99. The summed E-state index contributed by atoms with van der Waals surface area (Å²) >= 11 is 11.9. The lowest BCUT2D eigenvalue weighted by Gasteiger charge is -2.19. The Morgan fingerprint density at radius 1 is 1.29 bits per heavy atom. The van der Waals surface area contributed by atoms with Crippen molar-refractivity contribution in [2.75, 3.05) is 0 Å². The molecular weight excluding hydrogens is 311 g/mol. The van der Waals surface area contributed by atoms with Gasteiger partial charge in [-0.1, -0.05) is 36.5 Å². The molecule has 1 heterocycles. The van der Waals surface area contributed by atoms with Crippen LogP contribution < -0.4 is 10.3 Å². The van der Waals surface area contributed by atoms with E-state index in [9.17, 15) is 4.79 Å². The van der Waals surface area contributed by atoms with Crippen molar-refractivity contribution in [3.8, 4) is 5.75 Å². The van der Waals surface area contributed by atoms with E-state index in [-0.39, 0.29) is 11.7 Å². The number of aromatic amines is 1. The molecule has 21 heavy (non-hydrogen) atoms. The summed E-state index contributed by atoms with van der Waals surface area (Å²) in [6.45, 7) is 4.40. The molecule has 2 rings (SSSR count). The third kappa shape index (κ3) is 4.29. The molecule has 1 aromatic heterocycles. The number of hydrogen-bond donors (Lipinski definition) is 1. The molecule has 0 aliphatic carbocycles. The minimum atomic E-state index is -0.108. The second kappa shape index (κ2) is 7.05. The molecule has 0 aliphatic rings. The highest BCUT2D eigenvalue weighted by Gasteiger charge is 2.13. The second-order valence-corrected chi connectivity index (χ2v) is 5.81. The molecule has 0 bridgehead atoms. The molecular formula is C15H18Cl2N2O2. The van der Waals surface area contributed by atoms with Crippen LogP contribution in [-0.2, 0) is 6.54 Å². The quantitative estimate of drug-likeness (QED) is 0.869. The smallest absolute Gasteiger partial charge is 0.266 e. The molecule has 0 radical (unpaired) electrons. The van der Waals surface area contributed by atoms with Crippen LogP contribution in [0.1, 0.15) is 25.5 Å². The predicted octanol–water partition coefficient (Wildman–Crippen LogP) is 4.04. The number of aromatic nitrogens is 2. The van der Waals surface area contributed by atoms with Crippen LogP contribution >= 0.6 is 23.2 Å². The van der Waals surface area contributed by atoms with E-state index in [1.165, 1.54) is 0 Å².